The molecule has 13 rings (SSSR count). The molecule has 11 aromatic carbocycles. The molecule has 0 atom stereocenters. The molecule has 0 radical (unpaired) electrons. The van der Waals surface area contributed by atoms with Crippen LogP contribution >= 0.6 is 0 Å². The molecule has 0 fully saturated rings. The van der Waals surface area contributed by atoms with Crippen molar-refractivity contribution < 1.29 is 26.3 Å². The van der Waals surface area contributed by atoms with E-state index in [1.54, 1.807) is 30.3 Å². The molecule has 398 valence electrons. The van der Waals surface area contributed by atoms with Gasteiger partial charge in [0.2, 0.25) is 0 Å². The third kappa shape index (κ3) is 9.16. The van der Waals surface area contributed by atoms with Gasteiger partial charge in [0.05, 0.1) is 56.2 Å². The number of hydrogen-bond acceptors (Lipinski definition) is 1. The number of halogens is 6. The van der Waals surface area contributed by atoms with Crippen molar-refractivity contribution in [3.05, 3.63) is 263 Å². The Hall–Kier alpha value is -9.91. The summed E-state index contributed by atoms with van der Waals surface area (Å²) in [6.45, 7) is 8.22. The van der Waals surface area contributed by atoms with E-state index >= 15 is 13.2 Å². The second-order valence-corrected chi connectivity index (χ2v) is 21.4. The van der Waals surface area contributed by atoms with Crippen molar-refractivity contribution in [2.45, 2.75) is 40.0 Å². The van der Waals surface area contributed by atoms with E-state index in [1.807, 2.05) is 30.3 Å². The first-order valence-corrected chi connectivity index (χ1v) is 26.9. The lowest BCUT2D eigenvalue weighted by Gasteiger charge is -2.21. The Kier molecular flexibility index (Phi) is 12.4. The molecule has 9 heteroatoms. The van der Waals surface area contributed by atoms with Gasteiger partial charge in [-0.2, -0.15) is 31.6 Å². The molecule has 2 heterocycles. The highest BCUT2D eigenvalue weighted by atomic mass is 19.4. The molecular weight excluding hydrogens is 1030 g/mol. The average molecular weight is 1080 g/mol. The third-order valence-corrected chi connectivity index (χ3v) is 15.8. The second-order valence-electron chi connectivity index (χ2n) is 21.4. The fraction of sp³-hybridized carbons (Fsp3) is 0.0822. The average Bonchev–Trinajstić information content (AvgIpc) is 3.88. The number of aryl methyl sites for hydroxylation is 4. The minimum atomic E-state index is -5.16. The van der Waals surface area contributed by atoms with E-state index in [4.69, 9.17) is 0 Å². The van der Waals surface area contributed by atoms with Crippen LogP contribution in [0, 0.1) is 39.0 Å². The highest BCUT2D eigenvalue weighted by Gasteiger charge is 2.39. The zero-order valence-corrected chi connectivity index (χ0v) is 45.0. The Balaban J connectivity index is 1.13. The van der Waals surface area contributed by atoms with Gasteiger partial charge in [0, 0.05) is 32.7 Å². The van der Waals surface area contributed by atoms with E-state index in [9.17, 15) is 18.4 Å². The lowest BCUT2D eigenvalue weighted by Crippen LogP contribution is -2.12. The normalized spacial score (nSPS) is 12.0. The van der Waals surface area contributed by atoms with Gasteiger partial charge in [0.15, 0.2) is 0 Å². The number of nitrogens with zero attached hydrogens (tertiary/aromatic N) is 3. The molecule has 0 aliphatic carbocycles. The standard InChI is InChI=1S/C73H49F6N3/c1-43-9-5-13-48(31-43)52-18-26-67-60(36-52)61-37-53(49-14-6-10-44(2)32-49)19-27-68(61)81(67)66-25-17-47(42-80)35-59(66)64-40-56(58-24-23-57(72(74,75)76)41-65(58)73(77,78)79)22-30-71(64)82-69-28-20-54(50-15-7-11-45(3)33-50)38-62(69)63-39-55(21-29-70(63)82)51-16-8-12-46(4)34-51/h5-41H,1-4H3. The van der Waals surface area contributed by atoms with E-state index in [1.165, 1.54) is 0 Å². The Morgan fingerprint density at radius 1 is 0.317 bits per heavy atom. The van der Waals surface area contributed by atoms with Crippen LogP contribution in [0.25, 0.3) is 122 Å². The Morgan fingerprint density at radius 2 is 0.671 bits per heavy atom. The first-order valence-electron chi connectivity index (χ1n) is 26.9. The molecule has 0 bridgehead atoms. The summed E-state index contributed by atoms with van der Waals surface area (Å²) in [5.41, 5.74) is 15.0. The Morgan fingerprint density at radius 3 is 1.02 bits per heavy atom. The van der Waals surface area contributed by atoms with Gasteiger partial charge in [-0.1, -0.05) is 156 Å². The predicted molar refractivity (Wildman–Crippen MR) is 321 cm³/mol. The number of nitriles is 1. The zero-order valence-electron chi connectivity index (χ0n) is 45.0. The van der Waals surface area contributed by atoms with Crippen molar-refractivity contribution in [3.63, 3.8) is 0 Å². The van der Waals surface area contributed by atoms with Crippen LogP contribution in [0.2, 0.25) is 0 Å². The van der Waals surface area contributed by atoms with E-state index in [-0.39, 0.29) is 17.2 Å². The van der Waals surface area contributed by atoms with Crippen LogP contribution in [-0.2, 0) is 12.4 Å². The summed E-state index contributed by atoms with van der Waals surface area (Å²) in [5, 5.41) is 14.5. The van der Waals surface area contributed by atoms with E-state index in [2.05, 4.69) is 188 Å². The number of benzene rings is 11. The van der Waals surface area contributed by atoms with E-state index in [0.717, 1.165) is 116 Å². The van der Waals surface area contributed by atoms with Gasteiger partial charge in [0.1, 0.15) is 0 Å². The van der Waals surface area contributed by atoms with Gasteiger partial charge in [0.25, 0.3) is 0 Å². The largest absolute Gasteiger partial charge is 0.417 e. The number of rotatable bonds is 8. The molecule has 0 saturated heterocycles. The van der Waals surface area contributed by atoms with Gasteiger partial charge in [-0.3, -0.25) is 0 Å². The molecule has 3 nitrogen and oxygen atoms in total. The van der Waals surface area contributed by atoms with Crippen LogP contribution < -0.4 is 0 Å². The van der Waals surface area contributed by atoms with Gasteiger partial charge in [-0.05, 0) is 174 Å². The van der Waals surface area contributed by atoms with Gasteiger partial charge < -0.3 is 9.13 Å². The minimum absolute atomic E-state index is 0.0326. The lowest BCUT2D eigenvalue weighted by molar-refractivity contribution is -0.142. The van der Waals surface area contributed by atoms with Crippen LogP contribution in [0.5, 0.6) is 0 Å². The highest BCUT2D eigenvalue weighted by molar-refractivity contribution is 6.14. The second kappa shape index (κ2) is 19.7. The van der Waals surface area contributed by atoms with Crippen LogP contribution in [0.1, 0.15) is 38.9 Å². The Bertz CT molecular complexity index is 4590. The lowest BCUT2D eigenvalue weighted by atomic mass is 9.91. The molecule has 82 heavy (non-hydrogen) atoms. The molecule has 0 spiro atoms. The molecule has 0 amide bonds. The van der Waals surface area contributed by atoms with Gasteiger partial charge >= 0.3 is 12.4 Å². The Labute approximate surface area is 469 Å². The van der Waals surface area contributed by atoms with Gasteiger partial charge in [-0.15, -0.1) is 0 Å². The van der Waals surface area contributed by atoms with Crippen LogP contribution in [0.4, 0.5) is 26.3 Å². The maximum Gasteiger partial charge on any atom is 0.417 e. The van der Waals surface area contributed by atoms with Crippen molar-refractivity contribution >= 4 is 43.6 Å². The summed E-state index contributed by atoms with van der Waals surface area (Å²) >= 11 is 0. The summed E-state index contributed by atoms with van der Waals surface area (Å²) in [6.07, 6.45) is -10.2. The molecule has 13 aromatic rings. The highest BCUT2D eigenvalue weighted by Crippen LogP contribution is 2.47. The topological polar surface area (TPSA) is 33.6 Å². The third-order valence-electron chi connectivity index (χ3n) is 15.8. The van der Waals surface area contributed by atoms with Crippen molar-refractivity contribution in [1.82, 2.24) is 9.13 Å². The summed E-state index contributed by atoms with van der Waals surface area (Å²) < 4.78 is 92.8. The number of aromatic nitrogens is 2. The SMILES string of the molecule is Cc1cccc(-c2ccc3c(c2)c2cc(-c4cccc(C)c4)ccc2n3-c2ccc(C#N)cc2-c2cc(-c3ccc(C(F)(F)F)cc3C(F)(F)F)ccc2-n2c3ccc(-c4cccc(C)c4)cc3c3cc(-c4cccc(C)c4)ccc32)c1. The van der Waals surface area contributed by atoms with Gasteiger partial charge in [-0.25, -0.2) is 0 Å². The van der Waals surface area contributed by atoms with Crippen molar-refractivity contribution in [1.29, 1.82) is 5.26 Å². The molecule has 0 aliphatic heterocycles. The fourth-order valence-corrected chi connectivity index (χ4v) is 11.9. The van der Waals surface area contributed by atoms with Crippen molar-refractivity contribution in [2.75, 3.05) is 0 Å². The van der Waals surface area contributed by atoms with E-state index in [0.29, 0.717) is 28.6 Å². The minimum Gasteiger partial charge on any atom is -0.309 e. The summed E-state index contributed by atoms with van der Waals surface area (Å²) in [7, 11) is 0. The summed E-state index contributed by atoms with van der Waals surface area (Å²) in [6, 6.07) is 73.0. The molecule has 2 aromatic heterocycles. The zero-order chi connectivity index (χ0) is 56.8. The molecular formula is C73H49F6N3. The summed E-state index contributed by atoms with van der Waals surface area (Å²) in [4.78, 5) is 0. The fourth-order valence-electron chi connectivity index (χ4n) is 11.9. The summed E-state index contributed by atoms with van der Waals surface area (Å²) in [5.74, 6) is 0. The predicted octanol–water partition coefficient (Wildman–Crippen LogP) is 21.0. The van der Waals surface area contributed by atoms with Crippen molar-refractivity contribution in [3.8, 4) is 84.2 Å². The maximum atomic E-state index is 15.3. The number of alkyl halides is 6. The molecule has 0 N–H and O–H groups in total. The van der Waals surface area contributed by atoms with Crippen LogP contribution in [0.3, 0.4) is 0 Å². The van der Waals surface area contributed by atoms with Crippen LogP contribution in [-0.4, -0.2) is 9.13 Å². The smallest absolute Gasteiger partial charge is 0.309 e. The molecule has 0 unspecified atom stereocenters. The van der Waals surface area contributed by atoms with Crippen molar-refractivity contribution in [2.24, 2.45) is 0 Å². The molecule has 0 aliphatic rings. The first kappa shape index (κ1) is 51.5. The quantitative estimate of drug-likeness (QED) is 0.140. The maximum absolute atomic E-state index is 15.3. The number of fused-ring (bicyclic) bond motifs is 6. The van der Waals surface area contributed by atoms with E-state index < -0.39 is 29.0 Å². The van der Waals surface area contributed by atoms with Crippen LogP contribution in [0.15, 0.2) is 224 Å². The monoisotopic (exact) mass is 1080 g/mol. The molecule has 0 saturated carbocycles. The number of hydrogen-bond donors (Lipinski definition) is 0. The first-order chi connectivity index (χ1) is 39.5.